The number of nitrogens with zero attached hydrogens (tertiary/aromatic N) is 2. The number of amides is 1. The first-order valence-corrected chi connectivity index (χ1v) is 10.3. The molecule has 1 N–H and O–H groups in total. The van der Waals surface area contributed by atoms with Crippen molar-refractivity contribution in [3.05, 3.63) is 54.4 Å². The average molecular weight is 384 g/mol. The van der Waals surface area contributed by atoms with Crippen molar-refractivity contribution in [2.45, 2.75) is 51.7 Å². The molecule has 1 fully saturated rings. The highest BCUT2D eigenvalue weighted by Gasteiger charge is 2.26. The number of piperidine rings is 1. The second-order valence-corrected chi connectivity index (χ2v) is 8.18. The first kappa shape index (κ1) is 20.5. The highest BCUT2D eigenvalue weighted by atomic mass is 16.5. The quantitative estimate of drug-likeness (QED) is 0.753. The van der Waals surface area contributed by atoms with E-state index in [1.807, 2.05) is 41.2 Å². The third-order valence-electron chi connectivity index (χ3n) is 5.48. The molecule has 1 atom stereocenters. The van der Waals surface area contributed by atoms with Gasteiger partial charge < -0.3 is 14.6 Å². The number of carbonyl (C=O) groups excluding carboxylic acids is 1. The van der Waals surface area contributed by atoms with Gasteiger partial charge in [-0.1, -0.05) is 26.0 Å². The van der Waals surface area contributed by atoms with Crippen molar-refractivity contribution in [1.82, 2.24) is 14.8 Å². The van der Waals surface area contributed by atoms with E-state index in [1.165, 1.54) is 5.56 Å². The van der Waals surface area contributed by atoms with E-state index in [2.05, 4.69) is 36.2 Å². The van der Waals surface area contributed by atoms with Gasteiger partial charge in [0.15, 0.2) is 0 Å². The van der Waals surface area contributed by atoms with Crippen molar-refractivity contribution < 1.29 is 9.53 Å². The van der Waals surface area contributed by atoms with Crippen LogP contribution in [0.25, 0.3) is 0 Å². The Balaban J connectivity index is 1.49. The molecule has 1 aromatic heterocycles. The fourth-order valence-electron chi connectivity index (χ4n) is 3.89. The molecule has 2 aromatic rings. The molecule has 1 aliphatic rings. The lowest BCUT2D eigenvalue weighted by molar-refractivity contribution is -0.125. The average Bonchev–Trinajstić information content (AvgIpc) is 3.22. The standard InChI is InChI=1S/C23H33N3O2/c1-18(2)16-22(26-12-4-5-13-26)23(27)24-20-10-14-25(15-11-20)17-19-6-8-21(28-3)9-7-19/h4-9,12-13,18,20,22H,10-11,14-17H2,1-3H3,(H,24,27). The molecule has 1 aliphatic heterocycles. The Hall–Kier alpha value is -2.27. The van der Waals surface area contributed by atoms with Gasteiger partial charge in [-0.25, -0.2) is 0 Å². The van der Waals surface area contributed by atoms with E-state index >= 15 is 0 Å². The van der Waals surface area contributed by atoms with Crippen molar-refractivity contribution in [3.63, 3.8) is 0 Å². The van der Waals surface area contributed by atoms with E-state index in [0.29, 0.717) is 5.92 Å². The van der Waals surface area contributed by atoms with E-state index < -0.39 is 0 Å². The van der Waals surface area contributed by atoms with Crippen LogP contribution in [0.3, 0.4) is 0 Å². The molecular weight excluding hydrogens is 350 g/mol. The third kappa shape index (κ3) is 5.61. The van der Waals surface area contributed by atoms with Crippen molar-refractivity contribution in [1.29, 1.82) is 0 Å². The number of hydrogen-bond acceptors (Lipinski definition) is 3. The van der Waals surface area contributed by atoms with Gasteiger partial charge in [0.25, 0.3) is 0 Å². The van der Waals surface area contributed by atoms with Crippen molar-refractivity contribution in [2.75, 3.05) is 20.2 Å². The predicted octanol–water partition coefficient (Wildman–Crippen LogP) is 3.86. The number of benzene rings is 1. The summed E-state index contributed by atoms with van der Waals surface area (Å²) in [5, 5.41) is 3.31. The second-order valence-electron chi connectivity index (χ2n) is 8.18. The van der Waals surface area contributed by atoms with Crippen molar-refractivity contribution in [2.24, 2.45) is 5.92 Å². The number of likely N-dealkylation sites (tertiary alicyclic amines) is 1. The number of carbonyl (C=O) groups is 1. The number of hydrogen-bond donors (Lipinski definition) is 1. The minimum absolute atomic E-state index is 0.118. The Bertz CT molecular complexity index is 717. The molecule has 1 unspecified atom stereocenters. The van der Waals surface area contributed by atoms with Gasteiger partial charge in [0.1, 0.15) is 11.8 Å². The fraction of sp³-hybridized carbons (Fsp3) is 0.522. The molecule has 0 saturated carbocycles. The zero-order valence-corrected chi connectivity index (χ0v) is 17.3. The van der Waals surface area contributed by atoms with E-state index in [4.69, 9.17) is 4.74 Å². The Morgan fingerprint density at radius 3 is 2.36 bits per heavy atom. The van der Waals surface area contributed by atoms with Gasteiger partial charge in [0.05, 0.1) is 7.11 Å². The molecule has 5 nitrogen and oxygen atoms in total. The van der Waals surface area contributed by atoms with E-state index in [9.17, 15) is 4.79 Å². The van der Waals surface area contributed by atoms with Crippen LogP contribution in [0.2, 0.25) is 0 Å². The summed E-state index contributed by atoms with van der Waals surface area (Å²) in [5.74, 6) is 1.52. The topological polar surface area (TPSA) is 46.5 Å². The lowest BCUT2D eigenvalue weighted by Gasteiger charge is -2.33. The van der Waals surface area contributed by atoms with E-state index in [0.717, 1.165) is 44.6 Å². The molecule has 152 valence electrons. The highest BCUT2D eigenvalue weighted by Crippen LogP contribution is 2.20. The monoisotopic (exact) mass is 383 g/mol. The molecule has 0 spiro atoms. The largest absolute Gasteiger partial charge is 0.497 e. The van der Waals surface area contributed by atoms with Crippen LogP contribution in [0.15, 0.2) is 48.8 Å². The Labute approximate surface area is 168 Å². The van der Waals surface area contributed by atoms with Gasteiger partial charge in [-0.05, 0) is 55.0 Å². The summed E-state index contributed by atoms with van der Waals surface area (Å²) in [6, 6.07) is 12.4. The number of methoxy groups -OCH3 is 1. The summed E-state index contributed by atoms with van der Waals surface area (Å²) >= 11 is 0. The molecule has 0 aliphatic carbocycles. The van der Waals surface area contributed by atoms with Crippen LogP contribution in [0.5, 0.6) is 5.75 Å². The summed E-state index contributed by atoms with van der Waals surface area (Å²) in [5.41, 5.74) is 1.30. The summed E-state index contributed by atoms with van der Waals surface area (Å²) in [4.78, 5) is 15.4. The number of rotatable bonds is 8. The maximum absolute atomic E-state index is 12.9. The summed E-state index contributed by atoms with van der Waals surface area (Å²) < 4.78 is 7.26. The lowest BCUT2D eigenvalue weighted by Crippen LogP contribution is -2.46. The summed E-state index contributed by atoms with van der Waals surface area (Å²) in [7, 11) is 1.69. The smallest absolute Gasteiger partial charge is 0.243 e. The number of aromatic nitrogens is 1. The first-order valence-electron chi connectivity index (χ1n) is 10.3. The van der Waals surface area contributed by atoms with E-state index in [1.54, 1.807) is 7.11 Å². The highest BCUT2D eigenvalue weighted by molar-refractivity contribution is 5.80. The minimum atomic E-state index is -0.118. The van der Waals surface area contributed by atoms with Crippen LogP contribution < -0.4 is 10.1 Å². The fourth-order valence-corrected chi connectivity index (χ4v) is 3.89. The Morgan fingerprint density at radius 2 is 1.79 bits per heavy atom. The molecule has 28 heavy (non-hydrogen) atoms. The minimum Gasteiger partial charge on any atom is -0.497 e. The van der Waals surface area contributed by atoms with Crippen LogP contribution >= 0.6 is 0 Å². The zero-order chi connectivity index (χ0) is 19.9. The lowest BCUT2D eigenvalue weighted by atomic mass is 10.0. The molecule has 1 aromatic carbocycles. The van der Waals surface area contributed by atoms with Crippen LogP contribution in [0, 0.1) is 5.92 Å². The normalized spacial score (nSPS) is 16.9. The molecule has 0 bridgehead atoms. The van der Waals surface area contributed by atoms with Crippen LogP contribution in [0.1, 0.15) is 44.7 Å². The molecule has 1 amide bonds. The van der Waals surface area contributed by atoms with E-state index in [-0.39, 0.29) is 18.0 Å². The number of nitrogens with one attached hydrogen (secondary N) is 1. The van der Waals surface area contributed by atoms with Gasteiger partial charge in [0.2, 0.25) is 5.91 Å². The summed E-state index contributed by atoms with van der Waals surface area (Å²) in [6.45, 7) is 7.30. The second kappa shape index (κ2) is 9.78. The van der Waals surface area contributed by atoms with Crippen LogP contribution in [-0.4, -0.2) is 41.6 Å². The Morgan fingerprint density at radius 1 is 1.14 bits per heavy atom. The first-order chi connectivity index (χ1) is 13.5. The summed E-state index contributed by atoms with van der Waals surface area (Å²) in [6.07, 6.45) is 6.84. The van der Waals surface area contributed by atoms with Gasteiger partial charge in [-0.15, -0.1) is 0 Å². The van der Waals surface area contributed by atoms with Crippen LogP contribution in [0.4, 0.5) is 0 Å². The van der Waals surface area contributed by atoms with Gasteiger partial charge >= 0.3 is 0 Å². The Kier molecular flexibility index (Phi) is 7.15. The maximum Gasteiger partial charge on any atom is 0.243 e. The maximum atomic E-state index is 12.9. The molecule has 5 heteroatoms. The molecule has 0 radical (unpaired) electrons. The number of ether oxygens (including phenoxy) is 1. The third-order valence-corrected chi connectivity index (χ3v) is 5.48. The van der Waals surface area contributed by atoms with Gasteiger partial charge in [0, 0.05) is 38.1 Å². The van der Waals surface area contributed by atoms with Crippen molar-refractivity contribution in [3.8, 4) is 5.75 Å². The van der Waals surface area contributed by atoms with Gasteiger partial charge in [-0.3, -0.25) is 9.69 Å². The molecule has 2 heterocycles. The van der Waals surface area contributed by atoms with Crippen molar-refractivity contribution >= 4 is 5.91 Å². The molecule has 1 saturated heterocycles. The zero-order valence-electron chi connectivity index (χ0n) is 17.3. The van der Waals surface area contributed by atoms with Gasteiger partial charge in [-0.2, -0.15) is 0 Å². The molecule has 3 rings (SSSR count). The SMILES string of the molecule is COc1ccc(CN2CCC(NC(=O)C(CC(C)C)n3cccc3)CC2)cc1. The van der Waals surface area contributed by atoms with Crippen LogP contribution in [-0.2, 0) is 11.3 Å². The molecular formula is C23H33N3O2. The predicted molar refractivity (Wildman–Crippen MR) is 112 cm³/mol.